The van der Waals surface area contributed by atoms with E-state index < -0.39 is 0 Å². The zero-order chi connectivity index (χ0) is 21.3. The Hall–Kier alpha value is -2.37. The SMILES string of the molecule is COc1ccc(CCNC(=NCc2nnc(C)n2C)NCCNC(=O)C2CC2)cc1.I. The van der Waals surface area contributed by atoms with Crippen molar-refractivity contribution in [3.05, 3.63) is 41.5 Å². The highest BCUT2D eigenvalue weighted by Crippen LogP contribution is 2.28. The molecule has 10 heteroatoms. The molecule has 9 nitrogen and oxygen atoms in total. The number of hydrogen-bond acceptors (Lipinski definition) is 5. The molecule has 1 aliphatic carbocycles. The van der Waals surface area contributed by atoms with Crippen molar-refractivity contribution in [1.29, 1.82) is 0 Å². The van der Waals surface area contributed by atoms with Crippen molar-refractivity contribution >= 4 is 35.8 Å². The zero-order valence-corrected chi connectivity index (χ0v) is 20.7. The lowest BCUT2D eigenvalue weighted by Gasteiger charge is -2.13. The van der Waals surface area contributed by atoms with Crippen molar-refractivity contribution < 1.29 is 9.53 Å². The summed E-state index contributed by atoms with van der Waals surface area (Å²) in [5, 5.41) is 17.8. The molecule has 1 fully saturated rings. The molecular weight excluding hydrogens is 509 g/mol. The molecule has 1 saturated carbocycles. The van der Waals surface area contributed by atoms with Crippen LogP contribution in [-0.4, -0.2) is 53.4 Å². The number of aryl methyl sites for hydroxylation is 1. The third-order valence-corrected chi connectivity index (χ3v) is 5.09. The van der Waals surface area contributed by atoms with E-state index in [2.05, 4.69) is 43.3 Å². The minimum atomic E-state index is 0. The van der Waals surface area contributed by atoms with Gasteiger partial charge < -0.3 is 25.3 Å². The molecule has 2 aromatic rings. The first kappa shape index (κ1) is 24.9. The first-order chi connectivity index (χ1) is 14.6. The maximum absolute atomic E-state index is 11.8. The highest BCUT2D eigenvalue weighted by Gasteiger charge is 2.28. The Labute approximate surface area is 200 Å². The van der Waals surface area contributed by atoms with Crippen LogP contribution in [0.3, 0.4) is 0 Å². The molecule has 0 aliphatic heterocycles. The number of carbonyl (C=O) groups is 1. The van der Waals surface area contributed by atoms with Gasteiger partial charge in [0.2, 0.25) is 5.91 Å². The van der Waals surface area contributed by atoms with Crippen molar-refractivity contribution in [2.24, 2.45) is 18.0 Å². The van der Waals surface area contributed by atoms with Crippen LogP contribution >= 0.6 is 24.0 Å². The van der Waals surface area contributed by atoms with E-state index in [4.69, 9.17) is 4.74 Å². The Bertz CT molecular complexity index is 863. The molecule has 170 valence electrons. The first-order valence-electron chi connectivity index (χ1n) is 10.3. The zero-order valence-electron chi connectivity index (χ0n) is 18.4. The Morgan fingerprint density at radius 1 is 1.13 bits per heavy atom. The first-order valence-corrected chi connectivity index (χ1v) is 10.3. The summed E-state index contributed by atoms with van der Waals surface area (Å²) in [6.07, 6.45) is 2.87. The van der Waals surface area contributed by atoms with Gasteiger partial charge in [0.15, 0.2) is 11.8 Å². The standard InChI is InChI=1S/C21H31N7O2.HI/c1-15-26-27-19(28(15)2)14-25-21(24-13-12-22-20(29)17-6-7-17)23-11-10-16-4-8-18(30-3)9-5-16;/h4-5,8-9,17H,6-7,10-14H2,1-3H3,(H,22,29)(H2,23,24,25);1H. The summed E-state index contributed by atoms with van der Waals surface area (Å²) < 4.78 is 7.12. The van der Waals surface area contributed by atoms with Gasteiger partial charge in [-0.2, -0.15) is 0 Å². The highest BCUT2D eigenvalue weighted by atomic mass is 127. The second-order valence-electron chi connectivity index (χ2n) is 7.40. The van der Waals surface area contributed by atoms with Crippen molar-refractivity contribution in [2.75, 3.05) is 26.7 Å². The summed E-state index contributed by atoms with van der Waals surface area (Å²) in [4.78, 5) is 16.4. The van der Waals surface area contributed by atoms with Crippen LogP contribution in [0, 0.1) is 12.8 Å². The number of nitrogens with one attached hydrogen (secondary N) is 3. The van der Waals surface area contributed by atoms with Gasteiger partial charge in [-0.1, -0.05) is 12.1 Å². The molecule has 0 bridgehead atoms. The van der Waals surface area contributed by atoms with E-state index in [0.29, 0.717) is 25.6 Å². The normalized spacial score (nSPS) is 13.3. The van der Waals surface area contributed by atoms with E-state index in [-0.39, 0.29) is 35.8 Å². The van der Waals surface area contributed by atoms with Gasteiger partial charge in [0.25, 0.3) is 0 Å². The molecule has 1 aromatic heterocycles. The average Bonchev–Trinajstić information content (AvgIpc) is 3.56. The predicted octanol–water partition coefficient (Wildman–Crippen LogP) is 1.55. The Balaban J connectivity index is 0.00000341. The molecule has 0 radical (unpaired) electrons. The van der Waals surface area contributed by atoms with Crippen LogP contribution in [0.1, 0.15) is 30.1 Å². The lowest BCUT2D eigenvalue weighted by molar-refractivity contribution is -0.122. The van der Waals surface area contributed by atoms with Crippen molar-refractivity contribution in [1.82, 2.24) is 30.7 Å². The third-order valence-electron chi connectivity index (χ3n) is 5.09. The number of benzene rings is 1. The molecular formula is C21H32IN7O2. The van der Waals surface area contributed by atoms with E-state index in [1.807, 2.05) is 30.7 Å². The number of methoxy groups -OCH3 is 1. The smallest absolute Gasteiger partial charge is 0.223 e. The number of aliphatic imine (C=N–C) groups is 1. The molecule has 1 heterocycles. The molecule has 0 saturated heterocycles. The topological polar surface area (TPSA) is 105 Å². The Kier molecular flexibility index (Phi) is 10.0. The number of amides is 1. The lowest BCUT2D eigenvalue weighted by Crippen LogP contribution is -2.42. The summed E-state index contributed by atoms with van der Waals surface area (Å²) >= 11 is 0. The van der Waals surface area contributed by atoms with E-state index >= 15 is 0 Å². The fraction of sp³-hybridized carbons (Fsp3) is 0.524. The fourth-order valence-corrected chi connectivity index (χ4v) is 2.89. The van der Waals surface area contributed by atoms with Gasteiger partial charge in [0, 0.05) is 32.6 Å². The number of halogens is 1. The lowest BCUT2D eigenvalue weighted by atomic mass is 10.1. The number of nitrogens with zero attached hydrogens (tertiary/aromatic N) is 4. The second kappa shape index (κ2) is 12.5. The second-order valence-corrected chi connectivity index (χ2v) is 7.40. The average molecular weight is 541 g/mol. The quantitative estimate of drug-likeness (QED) is 0.183. The van der Waals surface area contributed by atoms with Crippen LogP contribution in [-0.2, 0) is 24.8 Å². The number of rotatable bonds is 10. The summed E-state index contributed by atoms with van der Waals surface area (Å²) in [7, 11) is 3.59. The van der Waals surface area contributed by atoms with Crippen LogP contribution in [0.15, 0.2) is 29.3 Å². The maximum atomic E-state index is 11.8. The van der Waals surface area contributed by atoms with Crippen LogP contribution in [0.5, 0.6) is 5.75 Å². The molecule has 0 unspecified atom stereocenters. The number of guanidine groups is 1. The monoisotopic (exact) mass is 541 g/mol. The summed E-state index contributed by atoms with van der Waals surface area (Å²) in [6, 6.07) is 8.03. The van der Waals surface area contributed by atoms with Gasteiger partial charge in [0.05, 0.1) is 7.11 Å². The minimum Gasteiger partial charge on any atom is -0.497 e. The molecule has 0 atom stereocenters. The van der Waals surface area contributed by atoms with Gasteiger partial charge in [-0.15, -0.1) is 34.2 Å². The molecule has 1 amide bonds. The molecule has 0 spiro atoms. The third kappa shape index (κ3) is 8.00. The predicted molar refractivity (Wildman–Crippen MR) is 131 cm³/mol. The van der Waals surface area contributed by atoms with Crippen molar-refractivity contribution in [2.45, 2.75) is 32.7 Å². The molecule has 3 N–H and O–H groups in total. The Morgan fingerprint density at radius 2 is 1.81 bits per heavy atom. The molecule has 1 aliphatic rings. The number of carbonyl (C=O) groups excluding carboxylic acids is 1. The summed E-state index contributed by atoms with van der Waals surface area (Å²) in [6.45, 7) is 4.23. The number of aromatic nitrogens is 3. The number of ether oxygens (including phenoxy) is 1. The maximum Gasteiger partial charge on any atom is 0.223 e. The van der Waals surface area contributed by atoms with E-state index in [9.17, 15) is 4.79 Å². The number of hydrogen-bond donors (Lipinski definition) is 3. The van der Waals surface area contributed by atoms with E-state index in [1.54, 1.807) is 7.11 Å². The van der Waals surface area contributed by atoms with Crippen LogP contribution < -0.4 is 20.7 Å². The molecule has 31 heavy (non-hydrogen) atoms. The molecule has 1 aromatic carbocycles. The van der Waals surface area contributed by atoms with E-state index in [1.165, 1.54) is 5.56 Å². The van der Waals surface area contributed by atoms with E-state index in [0.717, 1.165) is 43.2 Å². The van der Waals surface area contributed by atoms with Gasteiger partial charge >= 0.3 is 0 Å². The van der Waals surface area contributed by atoms with Crippen LogP contribution in [0.4, 0.5) is 0 Å². The van der Waals surface area contributed by atoms with Gasteiger partial charge in [-0.3, -0.25) is 4.79 Å². The fourth-order valence-electron chi connectivity index (χ4n) is 2.89. The van der Waals surface area contributed by atoms with Gasteiger partial charge in [-0.25, -0.2) is 4.99 Å². The largest absolute Gasteiger partial charge is 0.497 e. The van der Waals surface area contributed by atoms with Crippen molar-refractivity contribution in [3.63, 3.8) is 0 Å². The van der Waals surface area contributed by atoms with Crippen molar-refractivity contribution in [3.8, 4) is 5.75 Å². The van der Waals surface area contributed by atoms with Gasteiger partial charge in [-0.05, 0) is 43.9 Å². The summed E-state index contributed by atoms with van der Waals surface area (Å²) in [5.74, 6) is 3.56. The van der Waals surface area contributed by atoms with Crippen LogP contribution in [0.25, 0.3) is 0 Å². The Morgan fingerprint density at radius 3 is 2.42 bits per heavy atom. The summed E-state index contributed by atoms with van der Waals surface area (Å²) in [5.41, 5.74) is 1.21. The highest BCUT2D eigenvalue weighted by molar-refractivity contribution is 14.0. The molecule has 3 rings (SSSR count). The minimum absolute atomic E-state index is 0. The van der Waals surface area contributed by atoms with Crippen LogP contribution in [0.2, 0.25) is 0 Å². The van der Waals surface area contributed by atoms with Gasteiger partial charge in [0.1, 0.15) is 18.1 Å².